The topological polar surface area (TPSA) is 20.2 Å². The lowest BCUT2D eigenvalue weighted by Gasteiger charge is -2.13. The highest BCUT2D eigenvalue weighted by atomic mass is 79.9. The molecule has 0 saturated heterocycles. The molecule has 0 amide bonds. The van der Waals surface area contributed by atoms with Gasteiger partial charge in [0.1, 0.15) is 0 Å². The van der Waals surface area contributed by atoms with Gasteiger partial charge in [-0.05, 0) is 24.4 Å². The summed E-state index contributed by atoms with van der Waals surface area (Å²) in [7, 11) is 0. The van der Waals surface area contributed by atoms with E-state index in [2.05, 4.69) is 15.9 Å². The van der Waals surface area contributed by atoms with E-state index >= 15 is 0 Å². The Balaban J connectivity index is 3.22. The molecule has 1 N–H and O–H groups in total. The fraction of sp³-hybridized carbons (Fsp3) is 1.00. The first-order valence-corrected chi connectivity index (χ1v) is 7.57. The number of rotatable bonds is 11. The first-order valence-electron chi connectivity index (χ1n) is 6.27. The van der Waals surface area contributed by atoms with Crippen molar-refractivity contribution in [1.82, 2.24) is 0 Å². The molecule has 0 aliphatic heterocycles. The molecule has 0 aromatic carbocycles. The van der Waals surface area contributed by atoms with E-state index in [9.17, 15) is 8.78 Å². The van der Waals surface area contributed by atoms with Crippen molar-refractivity contribution < 1.29 is 13.9 Å². The maximum absolute atomic E-state index is 12.4. The predicted octanol–water partition coefficient (Wildman–Crippen LogP) is 5.08. The summed E-state index contributed by atoms with van der Waals surface area (Å²) >= 11 is 8.08. The lowest BCUT2D eigenvalue weighted by Crippen LogP contribution is -2.13. The van der Waals surface area contributed by atoms with E-state index in [-0.39, 0.29) is 17.9 Å². The van der Waals surface area contributed by atoms with Crippen LogP contribution in [0.15, 0.2) is 0 Å². The van der Waals surface area contributed by atoms with Crippen LogP contribution in [-0.4, -0.2) is 21.9 Å². The Hall–Kier alpha value is 0.590. The molecular weight excluding hydrogens is 313 g/mol. The molecule has 5 heteroatoms. The van der Waals surface area contributed by atoms with Crippen LogP contribution in [0.1, 0.15) is 57.8 Å². The van der Waals surface area contributed by atoms with E-state index in [1.54, 1.807) is 0 Å². The minimum atomic E-state index is -3.08. The third-order valence-corrected chi connectivity index (χ3v) is 3.56. The van der Waals surface area contributed by atoms with Crippen LogP contribution >= 0.6 is 27.5 Å². The maximum Gasteiger partial charge on any atom is 0.322 e. The lowest BCUT2D eigenvalue weighted by molar-refractivity contribution is 0.0853. The van der Waals surface area contributed by atoms with E-state index in [1.807, 2.05) is 0 Å². The average molecular weight is 336 g/mol. The molecule has 0 aromatic heterocycles. The first-order chi connectivity index (χ1) is 7.95. The quantitative estimate of drug-likeness (QED) is 0.412. The van der Waals surface area contributed by atoms with E-state index in [1.165, 1.54) is 6.42 Å². The van der Waals surface area contributed by atoms with E-state index in [4.69, 9.17) is 16.7 Å². The summed E-state index contributed by atoms with van der Waals surface area (Å²) < 4.78 is 24.9. The normalized spacial score (nSPS) is 13.9. The Labute approximate surface area is 116 Å². The van der Waals surface area contributed by atoms with Gasteiger partial charge in [-0.25, -0.2) is 0 Å². The molecule has 17 heavy (non-hydrogen) atoms. The Kier molecular flexibility index (Phi) is 10.9. The largest absolute Gasteiger partial charge is 0.396 e. The van der Waals surface area contributed by atoms with Crippen LogP contribution in [0, 0.1) is 0 Å². The van der Waals surface area contributed by atoms with Crippen molar-refractivity contribution in [2.24, 2.45) is 0 Å². The van der Waals surface area contributed by atoms with Crippen LogP contribution in [0.3, 0.4) is 0 Å². The molecule has 0 aliphatic rings. The van der Waals surface area contributed by atoms with Crippen molar-refractivity contribution in [3.05, 3.63) is 0 Å². The summed E-state index contributed by atoms with van der Waals surface area (Å²) in [6.07, 6.45) is 7.91. The van der Waals surface area contributed by atoms with Gasteiger partial charge >= 0.3 is 5.38 Å². The van der Waals surface area contributed by atoms with E-state index < -0.39 is 5.38 Å². The van der Waals surface area contributed by atoms with Crippen molar-refractivity contribution in [3.63, 3.8) is 0 Å². The third-order valence-electron chi connectivity index (χ3n) is 2.63. The molecule has 0 aliphatic carbocycles. The summed E-state index contributed by atoms with van der Waals surface area (Å²) in [6, 6.07) is 0. The fourth-order valence-corrected chi connectivity index (χ4v) is 2.82. The van der Waals surface area contributed by atoms with Gasteiger partial charge in [-0.1, -0.05) is 54.5 Å². The van der Waals surface area contributed by atoms with Gasteiger partial charge in [0.05, 0.1) is 0 Å². The van der Waals surface area contributed by atoms with Gasteiger partial charge < -0.3 is 5.11 Å². The number of aliphatic hydroxyl groups is 1. The van der Waals surface area contributed by atoms with Crippen LogP contribution in [0.25, 0.3) is 0 Å². The SMILES string of the molecule is OCCCCCCCCCC(Br)CC(F)(F)Cl. The highest BCUT2D eigenvalue weighted by Crippen LogP contribution is 2.30. The van der Waals surface area contributed by atoms with Gasteiger partial charge in [0.15, 0.2) is 0 Å². The average Bonchev–Trinajstić information content (AvgIpc) is 2.19. The Morgan fingerprint density at radius 3 is 1.94 bits per heavy atom. The molecule has 0 bridgehead atoms. The second-order valence-electron chi connectivity index (χ2n) is 4.40. The zero-order valence-corrected chi connectivity index (χ0v) is 12.4. The monoisotopic (exact) mass is 334 g/mol. The number of hydrogen-bond acceptors (Lipinski definition) is 1. The van der Waals surface area contributed by atoms with Gasteiger partial charge in [0.25, 0.3) is 0 Å². The lowest BCUT2D eigenvalue weighted by atomic mass is 10.1. The molecule has 0 spiro atoms. The molecule has 1 unspecified atom stereocenters. The number of halogens is 4. The van der Waals surface area contributed by atoms with Gasteiger partial charge in [0, 0.05) is 17.9 Å². The standard InChI is InChI=1S/C12H22BrClF2O/c13-11(10-12(14,15)16)8-6-4-2-1-3-5-7-9-17/h11,17H,1-10H2. The molecule has 1 nitrogen and oxygen atoms in total. The fourth-order valence-electron chi connectivity index (χ4n) is 1.71. The summed E-state index contributed by atoms with van der Waals surface area (Å²) in [6.45, 7) is 0.276. The molecule has 0 radical (unpaired) electrons. The number of hydrogen-bond donors (Lipinski definition) is 1. The Morgan fingerprint density at radius 2 is 1.47 bits per heavy atom. The highest BCUT2D eigenvalue weighted by molar-refractivity contribution is 9.09. The molecule has 1 atom stereocenters. The summed E-state index contributed by atoms with van der Waals surface area (Å²) in [5.74, 6) is 0. The van der Waals surface area contributed by atoms with Crippen LogP contribution in [0.5, 0.6) is 0 Å². The van der Waals surface area contributed by atoms with E-state index in [0.29, 0.717) is 0 Å². The second-order valence-corrected chi connectivity index (χ2v) is 6.25. The van der Waals surface area contributed by atoms with Crippen LogP contribution in [0.4, 0.5) is 8.78 Å². The molecule has 0 saturated carbocycles. The van der Waals surface area contributed by atoms with Gasteiger partial charge in [-0.2, -0.15) is 8.78 Å². The number of aliphatic hydroxyl groups excluding tert-OH is 1. The Morgan fingerprint density at radius 1 is 1.00 bits per heavy atom. The van der Waals surface area contributed by atoms with Crippen molar-refractivity contribution in [3.8, 4) is 0 Å². The number of unbranched alkanes of at least 4 members (excludes halogenated alkanes) is 6. The molecular formula is C12H22BrClF2O. The molecule has 0 aromatic rings. The summed E-state index contributed by atoms with van der Waals surface area (Å²) in [5.41, 5.74) is 0. The Bertz CT molecular complexity index is 176. The van der Waals surface area contributed by atoms with Gasteiger partial charge in [0.2, 0.25) is 0 Å². The van der Waals surface area contributed by atoms with Gasteiger partial charge in [-0.15, -0.1) is 0 Å². The van der Waals surface area contributed by atoms with Gasteiger partial charge in [-0.3, -0.25) is 0 Å². The second kappa shape index (κ2) is 10.5. The summed E-state index contributed by atoms with van der Waals surface area (Å²) in [4.78, 5) is -0.190. The smallest absolute Gasteiger partial charge is 0.322 e. The van der Waals surface area contributed by atoms with E-state index in [0.717, 1.165) is 44.9 Å². The van der Waals surface area contributed by atoms with Crippen molar-refractivity contribution in [2.45, 2.75) is 68.0 Å². The third kappa shape index (κ3) is 14.5. The zero-order valence-electron chi connectivity index (χ0n) is 10.1. The molecule has 0 fully saturated rings. The minimum absolute atomic E-state index is 0.190. The van der Waals surface area contributed by atoms with Crippen LogP contribution in [0.2, 0.25) is 0 Å². The molecule has 0 rings (SSSR count). The van der Waals surface area contributed by atoms with Crippen molar-refractivity contribution >= 4 is 27.5 Å². The predicted molar refractivity (Wildman–Crippen MR) is 72.2 cm³/mol. The molecule has 104 valence electrons. The maximum atomic E-state index is 12.4. The molecule has 0 heterocycles. The number of alkyl halides is 4. The van der Waals surface area contributed by atoms with Crippen LogP contribution < -0.4 is 0 Å². The zero-order chi connectivity index (χ0) is 13.1. The van der Waals surface area contributed by atoms with Crippen molar-refractivity contribution in [2.75, 3.05) is 6.61 Å². The van der Waals surface area contributed by atoms with Crippen molar-refractivity contribution in [1.29, 1.82) is 0 Å². The minimum Gasteiger partial charge on any atom is -0.396 e. The first kappa shape index (κ1) is 17.6. The summed E-state index contributed by atoms with van der Waals surface area (Å²) in [5, 5.41) is 5.50. The highest BCUT2D eigenvalue weighted by Gasteiger charge is 2.27. The van der Waals surface area contributed by atoms with Crippen LogP contribution in [-0.2, 0) is 0 Å².